The van der Waals surface area contributed by atoms with Crippen LogP contribution >= 0.6 is 0 Å². The van der Waals surface area contributed by atoms with Crippen molar-refractivity contribution in [1.29, 1.82) is 0 Å². The Balaban J connectivity index is 1.57. The molecule has 166 valence electrons. The van der Waals surface area contributed by atoms with Gasteiger partial charge in [0.25, 0.3) is 5.91 Å². The Labute approximate surface area is 180 Å². The van der Waals surface area contributed by atoms with Crippen LogP contribution in [0.25, 0.3) is 0 Å². The van der Waals surface area contributed by atoms with Crippen LogP contribution in [-0.4, -0.2) is 36.5 Å². The normalized spacial score (nSPS) is 32.2. The van der Waals surface area contributed by atoms with Gasteiger partial charge in [-0.15, -0.1) is 0 Å². The van der Waals surface area contributed by atoms with Crippen molar-refractivity contribution in [2.45, 2.75) is 72.6 Å². The van der Waals surface area contributed by atoms with Gasteiger partial charge in [0.15, 0.2) is 0 Å². The van der Waals surface area contributed by atoms with Crippen molar-refractivity contribution >= 4 is 15.9 Å². The molecule has 2 saturated carbocycles. The van der Waals surface area contributed by atoms with Crippen molar-refractivity contribution in [3.8, 4) is 0 Å². The van der Waals surface area contributed by atoms with E-state index in [1.54, 1.807) is 0 Å². The molecule has 0 unspecified atom stereocenters. The summed E-state index contributed by atoms with van der Waals surface area (Å²) in [5.41, 5.74) is 3.00. The fourth-order valence-corrected chi connectivity index (χ4v) is 8.64. The van der Waals surface area contributed by atoms with E-state index in [0.717, 1.165) is 24.8 Å². The van der Waals surface area contributed by atoms with Gasteiger partial charge < -0.3 is 0 Å². The molecule has 1 aromatic rings. The summed E-state index contributed by atoms with van der Waals surface area (Å²) < 4.78 is 27.7. The number of hydroxylamine groups is 1. The number of amides is 1. The topological polar surface area (TPSA) is 75.7 Å². The highest BCUT2D eigenvalue weighted by atomic mass is 32.2. The van der Waals surface area contributed by atoms with Gasteiger partial charge in [-0.25, -0.2) is 12.7 Å². The number of carbonyl (C=O) groups excluding carboxylic acids is 1. The van der Waals surface area contributed by atoms with Crippen LogP contribution in [-0.2, 0) is 26.3 Å². The van der Waals surface area contributed by atoms with E-state index in [1.807, 2.05) is 51.1 Å². The maximum atomic E-state index is 13.7. The molecule has 0 radical (unpaired) electrons. The highest BCUT2D eigenvalue weighted by Crippen LogP contribution is 2.70. The van der Waals surface area contributed by atoms with Gasteiger partial charge in [0.2, 0.25) is 10.0 Å². The van der Waals surface area contributed by atoms with Crippen LogP contribution < -0.4 is 5.48 Å². The molecule has 1 heterocycles. The fourth-order valence-electron chi connectivity index (χ4n) is 6.09. The molecular weight excluding hydrogens is 400 g/mol. The molecule has 4 atom stereocenters. The van der Waals surface area contributed by atoms with Crippen LogP contribution in [0.15, 0.2) is 30.3 Å². The first-order chi connectivity index (χ1) is 13.9. The maximum absolute atomic E-state index is 13.7. The minimum atomic E-state index is -3.65. The third kappa shape index (κ3) is 3.21. The number of hydrogen-bond acceptors (Lipinski definition) is 5. The van der Waals surface area contributed by atoms with Gasteiger partial charge in [-0.05, 0) is 41.6 Å². The zero-order chi connectivity index (χ0) is 21.9. The van der Waals surface area contributed by atoms with Crippen LogP contribution in [0.3, 0.4) is 0 Å². The lowest BCUT2D eigenvalue weighted by molar-refractivity contribution is -0.140. The first kappa shape index (κ1) is 21.8. The van der Waals surface area contributed by atoms with Gasteiger partial charge in [-0.2, -0.15) is 5.48 Å². The minimum Gasteiger partial charge on any atom is -0.296 e. The second kappa shape index (κ2) is 7.04. The summed E-state index contributed by atoms with van der Waals surface area (Å²) in [4.78, 5) is 19.4. The second-order valence-corrected chi connectivity index (χ2v) is 12.8. The molecule has 3 fully saturated rings. The van der Waals surface area contributed by atoms with Crippen LogP contribution in [0, 0.1) is 22.2 Å². The van der Waals surface area contributed by atoms with Crippen LogP contribution in [0.4, 0.5) is 0 Å². The van der Waals surface area contributed by atoms with E-state index in [4.69, 9.17) is 4.84 Å². The predicted octanol–water partition coefficient (Wildman–Crippen LogP) is 3.49. The Morgan fingerprint density at radius 3 is 2.53 bits per heavy atom. The lowest BCUT2D eigenvalue weighted by atomic mass is 9.69. The SMILES string of the molecule is CC(C)(C)[C@H](NOCc1ccccc1)C(=O)N1[C@H]2C[C@@H]3CC[C@@]2(CS1(=O)=O)C3(C)C. The first-order valence-corrected chi connectivity index (χ1v) is 12.5. The number of carbonyl (C=O) groups is 1. The summed E-state index contributed by atoms with van der Waals surface area (Å²) >= 11 is 0. The van der Waals surface area contributed by atoms with Gasteiger partial charge in [0.05, 0.1) is 18.4 Å². The van der Waals surface area contributed by atoms with Crippen molar-refractivity contribution in [2.75, 3.05) is 5.75 Å². The Kier molecular flexibility index (Phi) is 5.11. The highest BCUT2D eigenvalue weighted by Gasteiger charge is 2.72. The van der Waals surface area contributed by atoms with Gasteiger partial charge in [0.1, 0.15) is 6.04 Å². The van der Waals surface area contributed by atoms with E-state index >= 15 is 0 Å². The van der Waals surface area contributed by atoms with Gasteiger partial charge in [-0.3, -0.25) is 9.63 Å². The third-order valence-corrected chi connectivity index (χ3v) is 9.94. The molecule has 7 heteroatoms. The number of rotatable bonds is 5. The molecule has 30 heavy (non-hydrogen) atoms. The first-order valence-electron chi connectivity index (χ1n) is 10.9. The van der Waals surface area contributed by atoms with Crippen molar-refractivity contribution in [1.82, 2.24) is 9.79 Å². The Morgan fingerprint density at radius 2 is 1.93 bits per heavy atom. The van der Waals surface area contributed by atoms with Gasteiger partial charge in [0, 0.05) is 5.41 Å². The number of benzene rings is 1. The van der Waals surface area contributed by atoms with E-state index in [9.17, 15) is 13.2 Å². The third-order valence-electron chi connectivity index (χ3n) is 8.02. The van der Waals surface area contributed by atoms with Gasteiger partial charge in [-0.1, -0.05) is 65.0 Å². The molecule has 0 aromatic heterocycles. The molecule has 4 rings (SSSR count). The molecule has 1 amide bonds. The van der Waals surface area contributed by atoms with Crippen LogP contribution in [0.5, 0.6) is 0 Å². The monoisotopic (exact) mass is 434 g/mol. The van der Waals surface area contributed by atoms with Gasteiger partial charge >= 0.3 is 0 Å². The van der Waals surface area contributed by atoms with E-state index in [-0.39, 0.29) is 28.5 Å². The predicted molar refractivity (Wildman–Crippen MR) is 116 cm³/mol. The number of sulfonamides is 1. The van der Waals surface area contributed by atoms with E-state index in [0.29, 0.717) is 12.5 Å². The van der Waals surface area contributed by atoms with E-state index in [1.165, 1.54) is 4.31 Å². The highest BCUT2D eigenvalue weighted by molar-refractivity contribution is 7.90. The summed E-state index contributed by atoms with van der Waals surface area (Å²) in [6.45, 7) is 10.5. The standard InChI is InChI=1S/C23H34N2O4S/c1-21(2,3)19(24-29-14-16-9-7-6-8-10-16)20(26)25-18-13-17-11-12-23(18,22(17,4)5)15-30(25,27)28/h6-10,17-19,24H,11-15H2,1-5H3/t17-,18-,19+,23-/m0/s1. The average Bonchev–Trinajstić information content (AvgIpc) is 3.12. The summed E-state index contributed by atoms with van der Waals surface area (Å²) in [5, 5.41) is 0. The number of nitrogens with one attached hydrogen (secondary N) is 1. The number of nitrogens with zero attached hydrogens (tertiary/aromatic N) is 1. The summed E-state index contributed by atoms with van der Waals surface area (Å²) in [6, 6.07) is 8.70. The summed E-state index contributed by atoms with van der Waals surface area (Å²) in [6.07, 6.45) is 2.72. The minimum absolute atomic E-state index is 0.0613. The van der Waals surface area contributed by atoms with Crippen molar-refractivity contribution in [2.24, 2.45) is 22.2 Å². The summed E-state index contributed by atoms with van der Waals surface area (Å²) in [7, 11) is -3.65. The van der Waals surface area contributed by atoms with Crippen molar-refractivity contribution in [3.63, 3.8) is 0 Å². The smallest absolute Gasteiger partial charge is 0.256 e. The molecular formula is C23H34N2O4S. The van der Waals surface area contributed by atoms with Crippen molar-refractivity contribution < 1.29 is 18.0 Å². The Morgan fingerprint density at radius 1 is 1.27 bits per heavy atom. The lowest BCUT2D eigenvalue weighted by Crippen LogP contribution is -2.56. The molecule has 3 aliphatic rings. The zero-order valence-corrected chi connectivity index (χ0v) is 19.5. The molecule has 1 N–H and O–H groups in total. The van der Waals surface area contributed by atoms with E-state index in [2.05, 4.69) is 19.3 Å². The fraction of sp³-hybridized carbons (Fsp3) is 0.696. The molecule has 1 saturated heterocycles. The van der Waals surface area contributed by atoms with E-state index < -0.39 is 21.5 Å². The van der Waals surface area contributed by atoms with Crippen molar-refractivity contribution in [3.05, 3.63) is 35.9 Å². The van der Waals surface area contributed by atoms with Crippen LogP contribution in [0.2, 0.25) is 0 Å². The Hall–Kier alpha value is -1.44. The molecule has 6 nitrogen and oxygen atoms in total. The molecule has 2 aliphatic carbocycles. The zero-order valence-electron chi connectivity index (χ0n) is 18.6. The average molecular weight is 435 g/mol. The maximum Gasteiger partial charge on any atom is 0.256 e. The molecule has 2 bridgehead atoms. The number of fused-ring (bicyclic) bond motifs is 1. The Bertz CT molecular complexity index is 922. The quantitative estimate of drug-likeness (QED) is 0.718. The number of hydrogen-bond donors (Lipinski definition) is 1. The molecule has 1 aliphatic heterocycles. The molecule has 1 spiro atoms. The second-order valence-electron chi connectivity index (χ2n) is 10.9. The largest absolute Gasteiger partial charge is 0.296 e. The summed E-state index contributed by atoms with van der Waals surface area (Å²) in [5.74, 6) is 0.172. The lowest BCUT2D eigenvalue weighted by Gasteiger charge is -2.38. The van der Waals surface area contributed by atoms with Crippen LogP contribution in [0.1, 0.15) is 59.4 Å². The molecule has 1 aromatic carbocycles.